The van der Waals surface area contributed by atoms with Crippen molar-refractivity contribution in [3.05, 3.63) is 35.2 Å². The maximum Gasteiger partial charge on any atom is 0.342 e. The lowest BCUT2D eigenvalue weighted by molar-refractivity contribution is -0.119. The highest BCUT2D eigenvalue weighted by atomic mass is 16.5. The Labute approximate surface area is 145 Å². The molecule has 0 aliphatic rings. The Balaban J connectivity index is 2.01. The van der Waals surface area contributed by atoms with Crippen LogP contribution in [0.25, 0.3) is 0 Å². The minimum Gasteiger partial charge on any atom is -0.497 e. The van der Waals surface area contributed by atoms with Gasteiger partial charge in [-0.15, -0.1) is 0 Å². The molecule has 0 saturated carbocycles. The molecule has 1 aromatic heterocycles. The molecule has 2 aromatic rings. The third-order valence-corrected chi connectivity index (χ3v) is 3.74. The summed E-state index contributed by atoms with van der Waals surface area (Å²) in [5.41, 5.74) is 2.33. The first-order valence-corrected chi connectivity index (χ1v) is 7.56. The average Bonchev–Trinajstić information content (AvgIpc) is 2.85. The SMILES string of the molecule is COc1ccc(C(=O)OCC(=O)Nc2c(C)nn(C)c2C)c(OC)c1. The van der Waals surface area contributed by atoms with E-state index in [1.165, 1.54) is 20.3 Å². The Hall–Kier alpha value is -3.03. The lowest BCUT2D eigenvalue weighted by Crippen LogP contribution is -2.21. The fourth-order valence-electron chi connectivity index (χ4n) is 2.31. The topological polar surface area (TPSA) is 91.7 Å². The van der Waals surface area contributed by atoms with Crippen LogP contribution < -0.4 is 14.8 Å². The first-order valence-electron chi connectivity index (χ1n) is 7.56. The maximum absolute atomic E-state index is 12.2. The molecule has 0 fully saturated rings. The third-order valence-electron chi connectivity index (χ3n) is 3.74. The van der Waals surface area contributed by atoms with E-state index in [2.05, 4.69) is 10.4 Å². The van der Waals surface area contributed by atoms with E-state index in [1.807, 2.05) is 6.92 Å². The summed E-state index contributed by atoms with van der Waals surface area (Å²) in [6, 6.07) is 4.70. The lowest BCUT2D eigenvalue weighted by atomic mass is 10.2. The molecule has 1 amide bonds. The van der Waals surface area contributed by atoms with Crippen molar-refractivity contribution in [3.63, 3.8) is 0 Å². The Morgan fingerprint density at radius 3 is 2.48 bits per heavy atom. The van der Waals surface area contributed by atoms with Crippen LogP contribution in [0, 0.1) is 13.8 Å². The monoisotopic (exact) mass is 347 g/mol. The zero-order chi connectivity index (χ0) is 18.6. The van der Waals surface area contributed by atoms with Gasteiger partial charge in [0, 0.05) is 13.1 Å². The van der Waals surface area contributed by atoms with Gasteiger partial charge in [-0.1, -0.05) is 0 Å². The predicted octanol–water partition coefficient (Wildman–Crippen LogP) is 1.85. The highest BCUT2D eigenvalue weighted by Crippen LogP contribution is 2.25. The zero-order valence-corrected chi connectivity index (χ0v) is 14.9. The Morgan fingerprint density at radius 2 is 1.92 bits per heavy atom. The number of ether oxygens (including phenoxy) is 3. The van der Waals surface area contributed by atoms with Crippen molar-refractivity contribution in [1.82, 2.24) is 9.78 Å². The molecule has 8 nitrogen and oxygen atoms in total. The summed E-state index contributed by atoms with van der Waals surface area (Å²) in [6.07, 6.45) is 0. The van der Waals surface area contributed by atoms with E-state index in [9.17, 15) is 9.59 Å². The molecular formula is C17H21N3O5. The number of aryl methyl sites for hydroxylation is 2. The largest absolute Gasteiger partial charge is 0.497 e. The molecule has 0 aliphatic carbocycles. The Kier molecular flexibility index (Phi) is 5.63. The van der Waals surface area contributed by atoms with Crippen LogP contribution in [0.4, 0.5) is 5.69 Å². The van der Waals surface area contributed by atoms with Crippen molar-refractivity contribution in [2.24, 2.45) is 7.05 Å². The van der Waals surface area contributed by atoms with Gasteiger partial charge in [0.15, 0.2) is 6.61 Å². The van der Waals surface area contributed by atoms with Crippen LogP contribution in [0.15, 0.2) is 18.2 Å². The van der Waals surface area contributed by atoms with Gasteiger partial charge in [-0.2, -0.15) is 5.10 Å². The number of benzene rings is 1. The van der Waals surface area contributed by atoms with Crippen LogP contribution in [0.2, 0.25) is 0 Å². The number of methoxy groups -OCH3 is 2. The van der Waals surface area contributed by atoms with E-state index in [4.69, 9.17) is 14.2 Å². The molecule has 1 heterocycles. The van der Waals surface area contributed by atoms with Gasteiger partial charge in [0.2, 0.25) is 0 Å². The fraction of sp³-hybridized carbons (Fsp3) is 0.353. The summed E-state index contributed by atoms with van der Waals surface area (Å²) in [5, 5.41) is 6.91. The second-order valence-electron chi connectivity index (χ2n) is 5.36. The van der Waals surface area contributed by atoms with Crippen LogP contribution in [0.5, 0.6) is 11.5 Å². The number of carbonyl (C=O) groups is 2. The summed E-state index contributed by atoms with van der Waals surface area (Å²) in [7, 11) is 4.74. The third kappa shape index (κ3) is 4.09. The molecule has 0 atom stereocenters. The molecular weight excluding hydrogens is 326 g/mol. The number of amides is 1. The highest BCUT2D eigenvalue weighted by molar-refractivity contribution is 5.97. The van der Waals surface area contributed by atoms with E-state index in [1.54, 1.807) is 30.8 Å². The lowest BCUT2D eigenvalue weighted by Gasteiger charge is -2.10. The smallest absolute Gasteiger partial charge is 0.342 e. The molecule has 1 aromatic carbocycles. The first kappa shape index (κ1) is 18.3. The van der Waals surface area contributed by atoms with Gasteiger partial charge < -0.3 is 19.5 Å². The normalized spacial score (nSPS) is 10.3. The fourth-order valence-corrected chi connectivity index (χ4v) is 2.31. The number of nitrogens with zero attached hydrogens (tertiary/aromatic N) is 2. The number of nitrogens with one attached hydrogen (secondary N) is 1. The quantitative estimate of drug-likeness (QED) is 0.802. The summed E-state index contributed by atoms with van der Waals surface area (Å²) in [5.74, 6) is -0.244. The molecule has 0 aliphatic heterocycles. The van der Waals surface area contributed by atoms with E-state index >= 15 is 0 Å². The molecule has 0 saturated heterocycles. The van der Waals surface area contributed by atoms with Crippen molar-refractivity contribution in [1.29, 1.82) is 0 Å². The molecule has 0 bridgehead atoms. The van der Waals surface area contributed by atoms with Gasteiger partial charge in [-0.25, -0.2) is 4.79 Å². The average molecular weight is 347 g/mol. The predicted molar refractivity (Wildman–Crippen MR) is 91.1 cm³/mol. The number of hydrogen-bond acceptors (Lipinski definition) is 6. The van der Waals surface area contributed by atoms with Gasteiger partial charge in [0.1, 0.15) is 17.1 Å². The second kappa shape index (κ2) is 7.69. The minimum absolute atomic E-state index is 0.213. The van der Waals surface area contributed by atoms with Crippen LogP contribution in [-0.4, -0.2) is 42.5 Å². The summed E-state index contributed by atoms with van der Waals surface area (Å²) < 4.78 is 17.0. The minimum atomic E-state index is -0.658. The molecule has 1 N–H and O–H groups in total. The summed E-state index contributed by atoms with van der Waals surface area (Å²) in [6.45, 7) is 3.21. The van der Waals surface area contributed by atoms with E-state index in [-0.39, 0.29) is 5.56 Å². The van der Waals surface area contributed by atoms with E-state index in [0.717, 1.165) is 5.69 Å². The molecule has 134 valence electrons. The number of anilines is 1. The Bertz CT molecular complexity index is 798. The van der Waals surface area contributed by atoms with Crippen LogP contribution in [-0.2, 0) is 16.6 Å². The zero-order valence-electron chi connectivity index (χ0n) is 14.9. The van der Waals surface area contributed by atoms with Gasteiger partial charge >= 0.3 is 5.97 Å². The summed E-state index contributed by atoms with van der Waals surface area (Å²) in [4.78, 5) is 24.2. The van der Waals surface area contributed by atoms with Gasteiger partial charge in [0.25, 0.3) is 5.91 Å². The molecule has 0 radical (unpaired) electrons. The molecule has 0 unspecified atom stereocenters. The van der Waals surface area contributed by atoms with E-state index < -0.39 is 18.5 Å². The van der Waals surface area contributed by atoms with Gasteiger partial charge in [-0.3, -0.25) is 9.48 Å². The Morgan fingerprint density at radius 1 is 1.20 bits per heavy atom. The highest BCUT2D eigenvalue weighted by Gasteiger charge is 2.18. The van der Waals surface area contributed by atoms with Gasteiger partial charge in [0.05, 0.1) is 31.3 Å². The number of aromatic nitrogens is 2. The molecule has 0 spiro atoms. The van der Waals surface area contributed by atoms with Crippen molar-refractivity contribution in [3.8, 4) is 11.5 Å². The van der Waals surface area contributed by atoms with Crippen LogP contribution >= 0.6 is 0 Å². The number of carbonyl (C=O) groups excluding carboxylic acids is 2. The van der Waals surface area contributed by atoms with Crippen molar-refractivity contribution < 1.29 is 23.8 Å². The van der Waals surface area contributed by atoms with Crippen molar-refractivity contribution in [2.75, 3.05) is 26.1 Å². The standard InChI is InChI=1S/C17H21N3O5/c1-10-16(11(2)20(3)19-10)18-15(21)9-25-17(22)13-7-6-12(23-4)8-14(13)24-5/h6-8H,9H2,1-5H3,(H,18,21). The first-order chi connectivity index (χ1) is 11.9. The number of esters is 1. The number of hydrogen-bond donors (Lipinski definition) is 1. The van der Waals surface area contributed by atoms with Gasteiger partial charge in [-0.05, 0) is 26.0 Å². The maximum atomic E-state index is 12.2. The molecule has 8 heteroatoms. The second-order valence-corrected chi connectivity index (χ2v) is 5.36. The number of rotatable bonds is 6. The van der Waals surface area contributed by atoms with Crippen LogP contribution in [0.3, 0.4) is 0 Å². The molecule has 2 rings (SSSR count). The molecule has 25 heavy (non-hydrogen) atoms. The van der Waals surface area contributed by atoms with Crippen LogP contribution in [0.1, 0.15) is 21.7 Å². The van der Waals surface area contributed by atoms with E-state index in [0.29, 0.717) is 22.9 Å². The van der Waals surface area contributed by atoms with Crippen molar-refractivity contribution >= 4 is 17.6 Å². The summed E-state index contributed by atoms with van der Waals surface area (Å²) >= 11 is 0. The van der Waals surface area contributed by atoms with Crippen molar-refractivity contribution in [2.45, 2.75) is 13.8 Å².